The zero-order chi connectivity index (χ0) is 18.9. The van der Waals surface area contributed by atoms with Crippen LogP contribution in [0.3, 0.4) is 0 Å². The molecule has 0 unspecified atom stereocenters. The van der Waals surface area contributed by atoms with Gasteiger partial charge in [0.25, 0.3) is 15.9 Å². The van der Waals surface area contributed by atoms with Crippen molar-refractivity contribution in [2.24, 2.45) is 0 Å². The van der Waals surface area contributed by atoms with Gasteiger partial charge in [-0.05, 0) is 49.1 Å². The van der Waals surface area contributed by atoms with Crippen molar-refractivity contribution in [3.63, 3.8) is 0 Å². The van der Waals surface area contributed by atoms with Gasteiger partial charge in [0.05, 0.1) is 16.7 Å². The summed E-state index contributed by atoms with van der Waals surface area (Å²) >= 11 is 0. The van der Waals surface area contributed by atoms with Gasteiger partial charge >= 0.3 is 0 Å². The molecular formula is C20H22N2O4S. The minimum atomic E-state index is -3.71. The monoisotopic (exact) mass is 386 g/mol. The van der Waals surface area contributed by atoms with Crippen LogP contribution in [0.2, 0.25) is 0 Å². The summed E-state index contributed by atoms with van der Waals surface area (Å²) < 4.78 is 33.1. The first-order chi connectivity index (χ1) is 13.1. The molecule has 142 valence electrons. The predicted molar refractivity (Wildman–Crippen MR) is 102 cm³/mol. The van der Waals surface area contributed by atoms with Crippen molar-refractivity contribution in [2.75, 3.05) is 24.0 Å². The number of carbonyl (C=O) groups excluding carboxylic acids is 1. The van der Waals surface area contributed by atoms with E-state index in [2.05, 4.69) is 5.32 Å². The molecule has 4 rings (SSSR count). The summed E-state index contributed by atoms with van der Waals surface area (Å²) in [5.41, 5.74) is 2.07. The van der Waals surface area contributed by atoms with Gasteiger partial charge in [-0.15, -0.1) is 0 Å². The van der Waals surface area contributed by atoms with Gasteiger partial charge in [0.2, 0.25) is 0 Å². The number of ether oxygens (including phenoxy) is 1. The summed E-state index contributed by atoms with van der Waals surface area (Å²) in [6.45, 7) is 1.58. The third kappa shape index (κ3) is 3.57. The highest BCUT2D eigenvalue weighted by Crippen LogP contribution is 2.32. The van der Waals surface area contributed by atoms with Crippen molar-refractivity contribution in [3.8, 4) is 0 Å². The summed E-state index contributed by atoms with van der Waals surface area (Å²) in [6, 6.07) is 13.7. The number of amides is 1. The molecule has 1 atom stereocenters. The number of nitrogens with zero attached hydrogens (tertiary/aromatic N) is 1. The van der Waals surface area contributed by atoms with E-state index in [1.165, 1.54) is 16.4 Å². The number of para-hydroxylation sites is 1. The Hall–Kier alpha value is -2.38. The molecule has 27 heavy (non-hydrogen) atoms. The highest BCUT2D eigenvalue weighted by molar-refractivity contribution is 7.92. The standard InChI is InChI=1S/C20H22N2O4S/c23-20(21-14-17-7-4-12-26-17)16-6-3-8-18(13-16)27(24,25)22-11-10-15-5-1-2-9-19(15)22/h1-3,5-6,8-9,13,17H,4,7,10-12,14H2,(H,21,23)/t17-/m0/s1. The second-order valence-corrected chi connectivity index (χ2v) is 8.69. The van der Waals surface area contributed by atoms with Crippen LogP contribution >= 0.6 is 0 Å². The summed E-state index contributed by atoms with van der Waals surface area (Å²) in [4.78, 5) is 12.6. The molecule has 7 heteroatoms. The molecule has 0 saturated carbocycles. The molecule has 2 heterocycles. The van der Waals surface area contributed by atoms with Crippen LogP contribution in [0.4, 0.5) is 5.69 Å². The fraction of sp³-hybridized carbons (Fsp3) is 0.350. The Morgan fingerprint density at radius 2 is 2.04 bits per heavy atom. The molecule has 1 fully saturated rings. The molecule has 0 aromatic heterocycles. The number of rotatable bonds is 5. The average molecular weight is 386 g/mol. The smallest absolute Gasteiger partial charge is 0.264 e. The SMILES string of the molecule is O=C(NC[C@@H]1CCCO1)c1cccc(S(=O)(=O)N2CCc3ccccc32)c1. The Balaban J connectivity index is 1.54. The van der Waals surface area contributed by atoms with Gasteiger partial charge in [-0.2, -0.15) is 0 Å². The van der Waals surface area contributed by atoms with Gasteiger partial charge < -0.3 is 10.1 Å². The van der Waals surface area contributed by atoms with Crippen LogP contribution in [-0.4, -0.2) is 40.1 Å². The number of sulfonamides is 1. The highest BCUT2D eigenvalue weighted by Gasteiger charge is 2.31. The molecular weight excluding hydrogens is 364 g/mol. The summed E-state index contributed by atoms with van der Waals surface area (Å²) in [6.07, 6.45) is 2.67. The fourth-order valence-electron chi connectivity index (χ4n) is 3.60. The second-order valence-electron chi connectivity index (χ2n) is 6.83. The minimum Gasteiger partial charge on any atom is -0.376 e. The van der Waals surface area contributed by atoms with Crippen LogP contribution in [0.5, 0.6) is 0 Å². The number of anilines is 1. The van der Waals surface area contributed by atoms with Gasteiger partial charge in [0, 0.05) is 25.3 Å². The van der Waals surface area contributed by atoms with E-state index in [9.17, 15) is 13.2 Å². The molecule has 2 aliphatic rings. The lowest BCUT2D eigenvalue weighted by Crippen LogP contribution is -2.32. The van der Waals surface area contributed by atoms with Gasteiger partial charge in [-0.25, -0.2) is 8.42 Å². The first-order valence-corrected chi connectivity index (χ1v) is 10.6. The zero-order valence-electron chi connectivity index (χ0n) is 14.9. The van der Waals surface area contributed by atoms with Gasteiger partial charge in [-0.1, -0.05) is 24.3 Å². The van der Waals surface area contributed by atoms with Gasteiger partial charge in [-0.3, -0.25) is 9.10 Å². The third-order valence-corrected chi connectivity index (χ3v) is 6.85. The van der Waals surface area contributed by atoms with E-state index < -0.39 is 10.0 Å². The Bertz CT molecular complexity index is 952. The largest absolute Gasteiger partial charge is 0.376 e. The van der Waals surface area contributed by atoms with Crippen LogP contribution in [0, 0.1) is 0 Å². The first kappa shape index (κ1) is 18.0. The normalized spacial score (nSPS) is 19.1. The van der Waals surface area contributed by atoms with Gasteiger partial charge in [0.15, 0.2) is 0 Å². The number of hydrogen-bond donors (Lipinski definition) is 1. The lowest BCUT2D eigenvalue weighted by molar-refractivity contribution is 0.0857. The molecule has 0 aliphatic carbocycles. The van der Waals surface area contributed by atoms with Crippen LogP contribution in [-0.2, 0) is 21.2 Å². The first-order valence-electron chi connectivity index (χ1n) is 9.16. The predicted octanol–water partition coefficient (Wildman–Crippen LogP) is 2.35. The second kappa shape index (κ2) is 7.32. The molecule has 1 saturated heterocycles. The Morgan fingerprint density at radius 3 is 2.85 bits per heavy atom. The van der Waals surface area contributed by atoms with Crippen molar-refractivity contribution < 1.29 is 17.9 Å². The summed E-state index contributed by atoms with van der Waals surface area (Å²) in [5, 5.41) is 2.83. The number of hydrogen-bond acceptors (Lipinski definition) is 4. The molecule has 1 N–H and O–H groups in total. The molecule has 0 spiro atoms. The van der Waals surface area contributed by atoms with Crippen LogP contribution in [0.25, 0.3) is 0 Å². The van der Waals surface area contributed by atoms with Crippen molar-refractivity contribution in [1.82, 2.24) is 5.32 Å². The van der Waals surface area contributed by atoms with E-state index in [1.54, 1.807) is 12.1 Å². The van der Waals surface area contributed by atoms with E-state index in [0.717, 1.165) is 25.0 Å². The fourth-order valence-corrected chi connectivity index (χ4v) is 5.15. The van der Waals surface area contributed by atoms with Crippen molar-refractivity contribution in [1.29, 1.82) is 0 Å². The van der Waals surface area contributed by atoms with E-state index in [0.29, 0.717) is 30.8 Å². The van der Waals surface area contributed by atoms with Crippen molar-refractivity contribution in [3.05, 3.63) is 59.7 Å². The molecule has 2 aromatic carbocycles. The van der Waals surface area contributed by atoms with Crippen LogP contribution in [0.15, 0.2) is 53.4 Å². The molecule has 0 radical (unpaired) electrons. The lowest BCUT2D eigenvalue weighted by atomic mass is 10.2. The van der Waals surface area contributed by atoms with Crippen LogP contribution in [0.1, 0.15) is 28.8 Å². The maximum Gasteiger partial charge on any atom is 0.264 e. The molecule has 2 aliphatic heterocycles. The quantitative estimate of drug-likeness (QED) is 0.856. The molecule has 0 bridgehead atoms. The number of carbonyl (C=O) groups is 1. The molecule has 6 nitrogen and oxygen atoms in total. The zero-order valence-corrected chi connectivity index (χ0v) is 15.7. The Morgan fingerprint density at radius 1 is 1.19 bits per heavy atom. The highest BCUT2D eigenvalue weighted by atomic mass is 32.2. The average Bonchev–Trinajstić information content (AvgIpc) is 3.36. The maximum absolute atomic E-state index is 13.1. The van der Waals surface area contributed by atoms with Crippen molar-refractivity contribution >= 4 is 21.6 Å². The van der Waals surface area contributed by atoms with E-state index in [4.69, 9.17) is 4.74 Å². The third-order valence-electron chi connectivity index (χ3n) is 5.04. The summed E-state index contributed by atoms with van der Waals surface area (Å²) in [7, 11) is -3.71. The van der Waals surface area contributed by atoms with E-state index in [-0.39, 0.29) is 16.9 Å². The number of nitrogens with one attached hydrogen (secondary N) is 1. The number of benzene rings is 2. The minimum absolute atomic E-state index is 0.0435. The Kier molecular flexibility index (Phi) is 4.88. The Labute approximate surface area is 159 Å². The van der Waals surface area contributed by atoms with Crippen LogP contribution < -0.4 is 9.62 Å². The van der Waals surface area contributed by atoms with E-state index in [1.807, 2.05) is 24.3 Å². The lowest BCUT2D eigenvalue weighted by Gasteiger charge is -2.20. The summed E-state index contributed by atoms with van der Waals surface area (Å²) in [5.74, 6) is -0.288. The molecule has 2 aromatic rings. The number of fused-ring (bicyclic) bond motifs is 1. The van der Waals surface area contributed by atoms with E-state index >= 15 is 0 Å². The van der Waals surface area contributed by atoms with Gasteiger partial charge in [0.1, 0.15) is 0 Å². The maximum atomic E-state index is 13.1. The van der Waals surface area contributed by atoms with Crippen molar-refractivity contribution in [2.45, 2.75) is 30.3 Å². The topological polar surface area (TPSA) is 75.7 Å². The molecule has 1 amide bonds.